The standard InChI is InChI=1S/C25H26N2O3S2/c1-15(31-19-10-6-9-18(26)14-19)23(28)27-24-22(25(29)30-2)20-12-11-17(13-21(20)32-24)16-7-4-3-5-8-16/h3-10,14-15,17H,11-13,26H2,1-2H3,(H,27,28). The number of carbonyl (C=O) groups is 2. The van der Waals surface area contributed by atoms with Crippen LogP contribution in [0, 0.1) is 0 Å². The highest BCUT2D eigenvalue weighted by Crippen LogP contribution is 2.43. The van der Waals surface area contributed by atoms with Crippen LogP contribution >= 0.6 is 23.1 Å². The zero-order valence-electron chi connectivity index (χ0n) is 18.1. The van der Waals surface area contributed by atoms with Crippen LogP contribution in [0.1, 0.15) is 45.6 Å². The number of thioether (sulfide) groups is 1. The number of hydrogen-bond acceptors (Lipinski definition) is 6. The Hall–Kier alpha value is -2.77. The molecule has 1 aliphatic carbocycles. The van der Waals surface area contributed by atoms with Gasteiger partial charge >= 0.3 is 5.97 Å². The maximum absolute atomic E-state index is 13.0. The summed E-state index contributed by atoms with van der Waals surface area (Å²) in [4.78, 5) is 27.6. The van der Waals surface area contributed by atoms with Crippen LogP contribution < -0.4 is 11.1 Å². The van der Waals surface area contributed by atoms with Gasteiger partial charge < -0.3 is 15.8 Å². The molecule has 3 N–H and O–H groups in total. The number of nitrogens with two attached hydrogens (primary N) is 1. The van der Waals surface area contributed by atoms with Crippen molar-refractivity contribution in [2.75, 3.05) is 18.2 Å². The number of ether oxygens (including phenoxy) is 1. The number of rotatable bonds is 6. The van der Waals surface area contributed by atoms with Crippen LogP contribution in [-0.2, 0) is 22.4 Å². The molecular weight excluding hydrogens is 440 g/mol. The summed E-state index contributed by atoms with van der Waals surface area (Å²) in [7, 11) is 1.38. The second kappa shape index (κ2) is 9.79. The van der Waals surface area contributed by atoms with Gasteiger partial charge in [0.2, 0.25) is 5.91 Å². The fraction of sp³-hybridized carbons (Fsp3) is 0.280. The summed E-state index contributed by atoms with van der Waals surface area (Å²) in [5, 5.41) is 3.23. The summed E-state index contributed by atoms with van der Waals surface area (Å²) in [5.74, 6) is -0.137. The first-order chi connectivity index (χ1) is 15.5. The van der Waals surface area contributed by atoms with E-state index in [1.165, 1.54) is 35.8 Å². The SMILES string of the molecule is COC(=O)c1c(NC(=O)C(C)Sc2cccc(N)c2)sc2c1CCC(c1ccccc1)C2. The number of fused-ring (bicyclic) bond motifs is 1. The molecule has 2 aromatic carbocycles. The van der Waals surface area contributed by atoms with Crippen molar-refractivity contribution < 1.29 is 14.3 Å². The minimum Gasteiger partial charge on any atom is -0.465 e. The van der Waals surface area contributed by atoms with Gasteiger partial charge in [-0.3, -0.25) is 4.79 Å². The minimum absolute atomic E-state index is 0.152. The molecule has 1 heterocycles. The summed E-state index contributed by atoms with van der Waals surface area (Å²) in [5.41, 5.74) is 9.34. The molecule has 0 saturated carbocycles. The zero-order chi connectivity index (χ0) is 22.7. The average molecular weight is 467 g/mol. The van der Waals surface area contributed by atoms with Gasteiger partial charge in [0.15, 0.2) is 0 Å². The number of nitrogens with one attached hydrogen (secondary N) is 1. The van der Waals surface area contributed by atoms with Crippen LogP contribution in [0.25, 0.3) is 0 Å². The molecule has 166 valence electrons. The lowest BCUT2D eigenvalue weighted by molar-refractivity contribution is -0.115. The second-order valence-electron chi connectivity index (χ2n) is 7.87. The summed E-state index contributed by atoms with van der Waals surface area (Å²) >= 11 is 2.93. The Morgan fingerprint density at radius 2 is 1.97 bits per heavy atom. The van der Waals surface area contributed by atoms with Crippen LogP contribution in [0.3, 0.4) is 0 Å². The Balaban J connectivity index is 1.55. The number of esters is 1. The highest BCUT2D eigenvalue weighted by Gasteiger charge is 2.31. The Kier molecular flexibility index (Phi) is 6.86. The molecule has 0 bridgehead atoms. The lowest BCUT2D eigenvalue weighted by Gasteiger charge is -2.22. The third-order valence-corrected chi connectivity index (χ3v) is 7.97. The van der Waals surface area contributed by atoms with Crippen molar-refractivity contribution in [1.29, 1.82) is 0 Å². The first-order valence-electron chi connectivity index (χ1n) is 10.6. The Labute approximate surface area is 196 Å². The largest absolute Gasteiger partial charge is 0.465 e. The molecule has 4 rings (SSSR count). The fourth-order valence-corrected chi connectivity index (χ4v) is 6.31. The van der Waals surface area contributed by atoms with Crippen molar-refractivity contribution in [1.82, 2.24) is 0 Å². The van der Waals surface area contributed by atoms with Crippen LogP contribution in [0.2, 0.25) is 0 Å². The molecule has 0 spiro atoms. The second-order valence-corrected chi connectivity index (χ2v) is 10.4. The maximum atomic E-state index is 13.0. The van der Waals surface area contributed by atoms with E-state index in [-0.39, 0.29) is 11.2 Å². The van der Waals surface area contributed by atoms with E-state index in [1.807, 2.05) is 37.3 Å². The highest BCUT2D eigenvalue weighted by molar-refractivity contribution is 8.00. The number of methoxy groups -OCH3 is 1. The van der Waals surface area contributed by atoms with E-state index in [4.69, 9.17) is 10.5 Å². The first kappa shape index (κ1) is 22.4. The normalized spacial score (nSPS) is 16.1. The number of anilines is 2. The summed E-state index contributed by atoms with van der Waals surface area (Å²) < 4.78 is 5.06. The molecular formula is C25H26N2O3S2. The van der Waals surface area contributed by atoms with Crippen LogP contribution in [0.5, 0.6) is 0 Å². The van der Waals surface area contributed by atoms with Gasteiger partial charge in [-0.1, -0.05) is 36.4 Å². The first-order valence-corrected chi connectivity index (χ1v) is 12.3. The van der Waals surface area contributed by atoms with Crippen molar-refractivity contribution in [2.45, 2.75) is 42.2 Å². The van der Waals surface area contributed by atoms with Crippen LogP contribution in [0.15, 0.2) is 59.5 Å². The Bertz CT molecular complexity index is 1130. The molecule has 5 nitrogen and oxygen atoms in total. The number of hydrogen-bond donors (Lipinski definition) is 2. The monoisotopic (exact) mass is 466 g/mol. The molecule has 2 atom stereocenters. The summed E-state index contributed by atoms with van der Waals surface area (Å²) in [6.45, 7) is 1.85. The van der Waals surface area contributed by atoms with Crippen molar-refractivity contribution in [3.8, 4) is 0 Å². The molecule has 32 heavy (non-hydrogen) atoms. The molecule has 1 aliphatic rings. The number of carbonyl (C=O) groups excluding carboxylic acids is 2. The van der Waals surface area contributed by atoms with Crippen molar-refractivity contribution in [2.24, 2.45) is 0 Å². The van der Waals surface area contributed by atoms with Gasteiger partial charge in [0, 0.05) is 15.5 Å². The molecule has 7 heteroatoms. The van der Waals surface area contributed by atoms with E-state index < -0.39 is 5.97 Å². The van der Waals surface area contributed by atoms with E-state index in [0.29, 0.717) is 22.2 Å². The number of nitrogen functional groups attached to an aromatic ring is 1. The van der Waals surface area contributed by atoms with Crippen LogP contribution in [0.4, 0.5) is 10.7 Å². The van der Waals surface area contributed by atoms with E-state index in [9.17, 15) is 9.59 Å². The van der Waals surface area contributed by atoms with Crippen molar-refractivity contribution in [3.05, 3.63) is 76.2 Å². The van der Waals surface area contributed by atoms with Gasteiger partial charge in [0.1, 0.15) is 5.00 Å². The van der Waals surface area contributed by atoms with Crippen molar-refractivity contribution >= 4 is 45.7 Å². The van der Waals surface area contributed by atoms with E-state index in [2.05, 4.69) is 29.6 Å². The smallest absolute Gasteiger partial charge is 0.341 e. The van der Waals surface area contributed by atoms with Gasteiger partial charge in [-0.2, -0.15) is 0 Å². The predicted molar refractivity (Wildman–Crippen MR) is 132 cm³/mol. The number of thiophene rings is 1. The lowest BCUT2D eigenvalue weighted by atomic mass is 9.83. The number of amides is 1. The van der Waals surface area contributed by atoms with Gasteiger partial charge in [-0.05, 0) is 61.4 Å². The van der Waals surface area contributed by atoms with E-state index in [0.717, 1.165) is 34.6 Å². The average Bonchev–Trinajstić information content (AvgIpc) is 3.16. The molecule has 2 unspecified atom stereocenters. The third kappa shape index (κ3) is 4.84. The Morgan fingerprint density at radius 3 is 2.69 bits per heavy atom. The fourth-order valence-electron chi connectivity index (χ4n) is 4.06. The molecule has 0 radical (unpaired) electrons. The van der Waals surface area contributed by atoms with E-state index >= 15 is 0 Å². The molecule has 3 aromatic rings. The van der Waals surface area contributed by atoms with Gasteiger partial charge in [0.05, 0.1) is 17.9 Å². The van der Waals surface area contributed by atoms with E-state index in [1.54, 1.807) is 0 Å². The third-order valence-electron chi connectivity index (χ3n) is 5.70. The zero-order valence-corrected chi connectivity index (χ0v) is 19.7. The molecule has 0 aliphatic heterocycles. The van der Waals surface area contributed by atoms with Gasteiger partial charge in [0.25, 0.3) is 0 Å². The summed E-state index contributed by atoms with van der Waals surface area (Å²) in [6, 6.07) is 17.9. The lowest BCUT2D eigenvalue weighted by Crippen LogP contribution is -2.23. The topological polar surface area (TPSA) is 81.4 Å². The maximum Gasteiger partial charge on any atom is 0.341 e. The van der Waals surface area contributed by atoms with Gasteiger partial charge in [-0.25, -0.2) is 4.79 Å². The molecule has 1 aromatic heterocycles. The summed E-state index contributed by atoms with van der Waals surface area (Å²) in [6.07, 6.45) is 2.61. The number of benzene rings is 2. The molecule has 0 saturated heterocycles. The molecule has 1 amide bonds. The van der Waals surface area contributed by atoms with Crippen molar-refractivity contribution in [3.63, 3.8) is 0 Å². The quantitative estimate of drug-likeness (QED) is 0.284. The highest BCUT2D eigenvalue weighted by atomic mass is 32.2. The minimum atomic E-state index is -0.396. The predicted octanol–water partition coefficient (Wildman–Crippen LogP) is 5.51. The molecule has 0 fully saturated rings. The van der Waals surface area contributed by atoms with Crippen LogP contribution in [-0.4, -0.2) is 24.2 Å². The van der Waals surface area contributed by atoms with Gasteiger partial charge in [-0.15, -0.1) is 23.1 Å². The Morgan fingerprint density at radius 1 is 1.19 bits per heavy atom.